The summed E-state index contributed by atoms with van der Waals surface area (Å²) in [5, 5.41) is 5.35. The molecule has 3 aromatic rings. The van der Waals surface area contributed by atoms with Gasteiger partial charge in [0.1, 0.15) is 12.2 Å². The highest BCUT2D eigenvalue weighted by molar-refractivity contribution is 7.13. The molecule has 0 bridgehead atoms. The van der Waals surface area contributed by atoms with Crippen molar-refractivity contribution in [1.29, 1.82) is 0 Å². The van der Waals surface area contributed by atoms with Gasteiger partial charge in [0.25, 0.3) is 11.5 Å². The van der Waals surface area contributed by atoms with Crippen molar-refractivity contribution in [1.82, 2.24) is 9.71 Å². The molecule has 1 amide bonds. The molecule has 0 aliphatic heterocycles. The summed E-state index contributed by atoms with van der Waals surface area (Å²) >= 11 is 7.09. The van der Waals surface area contributed by atoms with Crippen LogP contribution in [0.15, 0.2) is 59.0 Å². The van der Waals surface area contributed by atoms with Gasteiger partial charge >= 0.3 is 0 Å². The summed E-state index contributed by atoms with van der Waals surface area (Å²) in [6, 6.07) is 10.1. The molecule has 0 atom stereocenters. The minimum Gasteiger partial charge on any atom is -0.406 e. The zero-order valence-electron chi connectivity index (χ0n) is 12.3. The average Bonchev–Trinajstić information content (AvgIpc) is 3.08. The molecule has 24 heavy (non-hydrogen) atoms. The Kier molecular flexibility index (Phi) is 4.93. The van der Waals surface area contributed by atoms with Crippen molar-refractivity contribution in [2.75, 3.05) is 5.32 Å². The third kappa shape index (κ3) is 3.81. The molecule has 0 saturated carbocycles. The molecule has 0 spiro atoms. The first-order chi connectivity index (χ1) is 11.6. The zero-order chi connectivity index (χ0) is 16.9. The van der Waals surface area contributed by atoms with E-state index in [0.717, 1.165) is 10.3 Å². The largest absolute Gasteiger partial charge is 0.406 e. The van der Waals surface area contributed by atoms with Crippen molar-refractivity contribution < 1.29 is 9.63 Å². The van der Waals surface area contributed by atoms with Crippen LogP contribution in [0.1, 0.15) is 15.9 Å². The third-order valence-corrected chi connectivity index (χ3v) is 4.04. The fourth-order valence-electron chi connectivity index (χ4n) is 1.92. The Morgan fingerprint density at radius 2 is 2.08 bits per heavy atom. The van der Waals surface area contributed by atoms with Crippen LogP contribution in [-0.2, 0) is 6.61 Å². The molecule has 0 unspecified atom stereocenters. The lowest BCUT2D eigenvalue weighted by molar-refractivity contribution is 0.0863. The first kappa shape index (κ1) is 16.2. The number of hydrogen-bond donors (Lipinski definition) is 1. The number of carbonyl (C=O) groups is 1. The molecule has 1 N–H and O–H groups in total. The smallest absolute Gasteiger partial charge is 0.295 e. The van der Waals surface area contributed by atoms with Gasteiger partial charge in [0, 0.05) is 22.8 Å². The maximum absolute atomic E-state index is 12.4. The van der Waals surface area contributed by atoms with Crippen LogP contribution in [0.4, 0.5) is 5.13 Å². The Morgan fingerprint density at radius 1 is 1.29 bits per heavy atom. The number of thiazole rings is 1. The van der Waals surface area contributed by atoms with E-state index in [0.29, 0.717) is 10.2 Å². The Balaban J connectivity index is 1.74. The van der Waals surface area contributed by atoms with E-state index in [4.69, 9.17) is 16.4 Å². The van der Waals surface area contributed by atoms with Crippen LogP contribution in [0, 0.1) is 0 Å². The number of benzene rings is 1. The first-order valence-electron chi connectivity index (χ1n) is 6.94. The Labute approximate surface area is 146 Å². The molecule has 1 aromatic carbocycles. The molecule has 2 aromatic heterocycles. The second-order valence-corrected chi connectivity index (χ2v) is 6.08. The van der Waals surface area contributed by atoms with Gasteiger partial charge in [-0.1, -0.05) is 23.7 Å². The summed E-state index contributed by atoms with van der Waals surface area (Å²) in [6.45, 7) is 0.175. The summed E-state index contributed by atoms with van der Waals surface area (Å²) in [6.07, 6.45) is 3.03. The van der Waals surface area contributed by atoms with Crippen molar-refractivity contribution in [2.24, 2.45) is 0 Å². The first-order valence-corrected chi connectivity index (χ1v) is 8.19. The van der Waals surface area contributed by atoms with E-state index >= 15 is 0 Å². The number of rotatable bonds is 5. The maximum Gasteiger partial charge on any atom is 0.295 e. The van der Waals surface area contributed by atoms with E-state index in [1.165, 1.54) is 23.6 Å². The van der Waals surface area contributed by atoms with Crippen LogP contribution in [0.3, 0.4) is 0 Å². The summed E-state index contributed by atoms with van der Waals surface area (Å²) < 4.78 is 1.03. The number of pyridine rings is 1. The standard InChI is InChI=1S/C16H12ClN3O3S/c17-12-5-3-11(4-6-12)10-23-20-8-1-2-13(15(20)22)14(21)19-16-18-7-9-24-16/h1-9H,10H2,(H,18,19,21). The summed E-state index contributed by atoms with van der Waals surface area (Å²) in [5.74, 6) is -0.528. The minimum absolute atomic E-state index is 0.0243. The number of halogens is 1. The number of nitrogens with one attached hydrogen (secondary N) is 1. The third-order valence-electron chi connectivity index (χ3n) is 3.10. The van der Waals surface area contributed by atoms with E-state index < -0.39 is 11.5 Å². The molecular formula is C16H12ClN3O3S. The van der Waals surface area contributed by atoms with Crippen LogP contribution >= 0.6 is 22.9 Å². The topological polar surface area (TPSA) is 73.2 Å². The van der Waals surface area contributed by atoms with Gasteiger partial charge in [0.15, 0.2) is 5.13 Å². The zero-order valence-corrected chi connectivity index (χ0v) is 13.9. The molecular weight excluding hydrogens is 350 g/mol. The SMILES string of the molecule is O=C(Nc1nccs1)c1cccn(OCc2ccc(Cl)cc2)c1=O. The predicted molar refractivity (Wildman–Crippen MR) is 92.5 cm³/mol. The van der Waals surface area contributed by atoms with E-state index in [1.807, 2.05) is 0 Å². The fourth-order valence-corrected chi connectivity index (χ4v) is 2.57. The van der Waals surface area contributed by atoms with E-state index in [-0.39, 0.29) is 12.2 Å². The summed E-state index contributed by atoms with van der Waals surface area (Å²) in [4.78, 5) is 33.9. The summed E-state index contributed by atoms with van der Waals surface area (Å²) in [7, 11) is 0. The quantitative estimate of drug-likeness (QED) is 0.758. The second kappa shape index (κ2) is 7.29. The second-order valence-electron chi connectivity index (χ2n) is 4.74. The molecule has 0 aliphatic carbocycles. The fraction of sp³-hybridized carbons (Fsp3) is 0.0625. The molecule has 0 radical (unpaired) electrons. The Bertz CT molecular complexity index is 892. The number of carbonyl (C=O) groups excluding carboxylic acids is 1. The number of nitrogens with zero attached hydrogens (tertiary/aromatic N) is 2. The molecule has 0 fully saturated rings. The molecule has 0 saturated heterocycles. The molecule has 2 heterocycles. The Hall–Kier alpha value is -2.64. The Morgan fingerprint density at radius 3 is 2.79 bits per heavy atom. The molecule has 0 aliphatic rings. The molecule has 122 valence electrons. The van der Waals surface area contributed by atoms with Crippen LogP contribution in [0.5, 0.6) is 0 Å². The highest BCUT2D eigenvalue weighted by atomic mass is 35.5. The van der Waals surface area contributed by atoms with Crippen molar-refractivity contribution in [2.45, 2.75) is 6.61 Å². The minimum atomic E-state index is -0.541. The van der Waals surface area contributed by atoms with Crippen LogP contribution in [0.25, 0.3) is 0 Å². The van der Waals surface area contributed by atoms with Crippen molar-refractivity contribution >= 4 is 34.0 Å². The van der Waals surface area contributed by atoms with Crippen LogP contribution in [-0.4, -0.2) is 15.6 Å². The van der Waals surface area contributed by atoms with Crippen molar-refractivity contribution in [3.63, 3.8) is 0 Å². The predicted octanol–water partition coefficient (Wildman–Crippen LogP) is 2.84. The van der Waals surface area contributed by atoms with Gasteiger partial charge in [0.2, 0.25) is 0 Å². The molecule has 3 rings (SSSR count). The van der Waals surface area contributed by atoms with Crippen LogP contribution in [0.2, 0.25) is 5.02 Å². The number of aromatic nitrogens is 2. The molecule has 8 heteroatoms. The van der Waals surface area contributed by atoms with Crippen molar-refractivity contribution in [3.05, 3.63) is 80.7 Å². The monoisotopic (exact) mass is 361 g/mol. The lowest BCUT2D eigenvalue weighted by Gasteiger charge is -2.09. The average molecular weight is 362 g/mol. The van der Waals surface area contributed by atoms with Crippen LogP contribution < -0.4 is 15.7 Å². The lowest BCUT2D eigenvalue weighted by Crippen LogP contribution is -2.32. The number of amides is 1. The van der Waals surface area contributed by atoms with E-state index in [2.05, 4.69) is 10.3 Å². The maximum atomic E-state index is 12.4. The van der Waals surface area contributed by atoms with Gasteiger partial charge in [-0.3, -0.25) is 14.9 Å². The number of hydrogen-bond acceptors (Lipinski definition) is 5. The molecule has 6 nitrogen and oxygen atoms in total. The normalized spacial score (nSPS) is 10.4. The highest BCUT2D eigenvalue weighted by Gasteiger charge is 2.14. The van der Waals surface area contributed by atoms with E-state index in [9.17, 15) is 9.59 Å². The van der Waals surface area contributed by atoms with Gasteiger partial charge < -0.3 is 4.84 Å². The summed E-state index contributed by atoms with van der Waals surface area (Å²) in [5.41, 5.74) is 0.285. The van der Waals surface area contributed by atoms with Gasteiger partial charge in [-0.05, 0) is 29.8 Å². The van der Waals surface area contributed by atoms with Gasteiger partial charge in [-0.2, -0.15) is 4.73 Å². The van der Waals surface area contributed by atoms with Crippen molar-refractivity contribution in [3.8, 4) is 0 Å². The van der Waals surface area contributed by atoms with Gasteiger partial charge in [-0.15, -0.1) is 11.3 Å². The number of anilines is 1. The lowest BCUT2D eigenvalue weighted by atomic mass is 10.2. The van der Waals surface area contributed by atoms with E-state index in [1.54, 1.807) is 41.9 Å². The van der Waals surface area contributed by atoms with Gasteiger partial charge in [0.05, 0.1) is 0 Å². The van der Waals surface area contributed by atoms with Gasteiger partial charge in [-0.25, -0.2) is 4.98 Å². The highest BCUT2D eigenvalue weighted by Crippen LogP contribution is 2.11.